The highest BCUT2D eigenvalue weighted by Gasteiger charge is 2.18. The van der Waals surface area contributed by atoms with Crippen LogP contribution in [0.4, 0.5) is 11.4 Å². The molecule has 0 aliphatic rings. The maximum Gasteiger partial charge on any atom is 0.252 e. The van der Waals surface area contributed by atoms with Gasteiger partial charge < -0.3 is 16.9 Å². The molecule has 0 saturated heterocycles. The molecule has 0 fully saturated rings. The van der Waals surface area contributed by atoms with Crippen LogP contribution in [0.3, 0.4) is 0 Å². The minimum atomic E-state index is -0.560. The van der Waals surface area contributed by atoms with Crippen molar-refractivity contribution >= 4 is 34.5 Å². The van der Waals surface area contributed by atoms with Crippen molar-refractivity contribution in [2.75, 3.05) is 5.32 Å². The highest BCUT2D eigenvalue weighted by atomic mass is 16.1. The van der Waals surface area contributed by atoms with Gasteiger partial charge in [0.25, 0.3) is 5.91 Å². The quantitative estimate of drug-likeness (QED) is 0.380. The van der Waals surface area contributed by atoms with E-state index >= 15 is 0 Å². The van der Waals surface area contributed by atoms with E-state index in [4.69, 9.17) is 11.6 Å². The van der Waals surface area contributed by atoms with Crippen molar-refractivity contribution in [2.24, 2.45) is 23.7 Å². The Hall–Kier alpha value is -3.42. The van der Waals surface area contributed by atoms with Crippen LogP contribution in [0.15, 0.2) is 35.6 Å². The first-order chi connectivity index (χ1) is 11.5. The van der Waals surface area contributed by atoms with Crippen molar-refractivity contribution in [1.29, 1.82) is 0 Å². The molecule has 1 aromatic carbocycles. The molecule has 8 heteroatoms. The first kappa shape index (κ1) is 15.5. The summed E-state index contributed by atoms with van der Waals surface area (Å²) in [6, 6.07) is 7.46. The van der Waals surface area contributed by atoms with Crippen LogP contribution in [-0.2, 0) is 7.05 Å². The number of aromatic nitrogens is 3. The van der Waals surface area contributed by atoms with Gasteiger partial charge in [0.05, 0.1) is 28.5 Å². The van der Waals surface area contributed by atoms with Crippen LogP contribution in [0.2, 0.25) is 0 Å². The molecule has 1 amide bonds. The Balaban J connectivity index is 2.18. The molecule has 122 valence electrons. The van der Waals surface area contributed by atoms with E-state index in [0.29, 0.717) is 16.9 Å². The Bertz CT molecular complexity index is 958. The maximum absolute atomic E-state index is 11.8. The predicted octanol–water partition coefficient (Wildman–Crippen LogP) is 1.41. The lowest BCUT2D eigenvalue weighted by Gasteiger charge is -2.12. The van der Waals surface area contributed by atoms with Crippen molar-refractivity contribution in [1.82, 2.24) is 14.8 Å². The van der Waals surface area contributed by atoms with Gasteiger partial charge in [0, 0.05) is 18.9 Å². The lowest BCUT2D eigenvalue weighted by atomic mass is 10.1. The van der Waals surface area contributed by atoms with E-state index in [1.165, 1.54) is 12.4 Å². The average molecular weight is 323 g/mol. The van der Waals surface area contributed by atoms with Gasteiger partial charge in [-0.15, -0.1) is 0 Å². The Morgan fingerprint density at radius 3 is 2.92 bits per heavy atom. The number of carbonyl (C=O) groups is 1. The number of carbonyl (C=O) groups excluding carboxylic acids is 1. The fourth-order valence-electron chi connectivity index (χ4n) is 2.66. The van der Waals surface area contributed by atoms with Crippen LogP contribution in [-0.4, -0.2) is 26.9 Å². The topological polar surface area (TPSA) is 124 Å². The molecular formula is C16H17N7O. The van der Waals surface area contributed by atoms with Crippen LogP contribution >= 0.6 is 0 Å². The third-order valence-corrected chi connectivity index (χ3v) is 3.67. The smallest absolute Gasteiger partial charge is 0.252 e. The minimum Gasteiger partial charge on any atom is -0.365 e. The summed E-state index contributed by atoms with van der Waals surface area (Å²) in [5, 5.41) is 11.9. The summed E-state index contributed by atoms with van der Waals surface area (Å²) in [6.07, 6.45) is 3.00. The Morgan fingerprint density at radius 2 is 2.21 bits per heavy atom. The molecule has 0 unspecified atom stereocenters. The summed E-state index contributed by atoms with van der Waals surface area (Å²) in [6.45, 7) is 1.86. The van der Waals surface area contributed by atoms with Gasteiger partial charge in [-0.25, -0.2) is 4.98 Å². The number of hydrazone groups is 1. The number of nitrogens with zero attached hydrogens (tertiary/aromatic N) is 4. The summed E-state index contributed by atoms with van der Waals surface area (Å²) in [5.74, 6) is 4.63. The van der Waals surface area contributed by atoms with E-state index in [0.717, 1.165) is 22.3 Å². The number of amides is 1. The monoisotopic (exact) mass is 323 g/mol. The number of rotatable bonds is 4. The fourth-order valence-corrected chi connectivity index (χ4v) is 2.66. The van der Waals surface area contributed by atoms with Crippen molar-refractivity contribution in [3.63, 3.8) is 0 Å². The van der Waals surface area contributed by atoms with E-state index in [-0.39, 0.29) is 0 Å². The average Bonchev–Trinajstić information content (AvgIpc) is 2.83. The summed E-state index contributed by atoms with van der Waals surface area (Å²) >= 11 is 0. The largest absolute Gasteiger partial charge is 0.365 e. The Kier molecular flexibility index (Phi) is 3.87. The van der Waals surface area contributed by atoms with Crippen molar-refractivity contribution in [2.45, 2.75) is 6.92 Å². The van der Waals surface area contributed by atoms with E-state index in [1.807, 2.05) is 31.2 Å². The molecule has 8 nitrogen and oxygen atoms in total. The van der Waals surface area contributed by atoms with Crippen molar-refractivity contribution < 1.29 is 4.79 Å². The first-order valence-corrected chi connectivity index (χ1v) is 7.23. The molecule has 0 bridgehead atoms. The number of hydrogen-bond acceptors (Lipinski definition) is 6. The summed E-state index contributed by atoms with van der Waals surface area (Å²) < 4.78 is 1.66. The van der Waals surface area contributed by atoms with E-state index in [1.54, 1.807) is 11.7 Å². The Labute approximate surface area is 138 Å². The molecule has 0 atom stereocenters. The number of nitrogens with two attached hydrogens (primary N) is 2. The zero-order valence-corrected chi connectivity index (χ0v) is 13.3. The van der Waals surface area contributed by atoms with Gasteiger partial charge in [0.2, 0.25) is 0 Å². The Morgan fingerprint density at radius 1 is 1.42 bits per heavy atom. The predicted molar refractivity (Wildman–Crippen MR) is 93.3 cm³/mol. The molecule has 3 rings (SSSR count). The van der Waals surface area contributed by atoms with Crippen LogP contribution < -0.4 is 16.9 Å². The van der Waals surface area contributed by atoms with Gasteiger partial charge in [-0.1, -0.05) is 12.1 Å². The lowest BCUT2D eigenvalue weighted by molar-refractivity contribution is 0.100. The molecule has 0 radical (unpaired) electrons. The SMILES string of the molecule is Cc1nn(C)c2ncc(C(N)=O)c(Nc3cccc(C=NN)c3)c12. The number of nitrogens with one attached hydrogen (secondary N) is 1. The number of primary amides is 1. The zero-order valence-electron chi connectivity index (χ0n) is 13.3. The van der Waals surface area contributed by atoms with Gasteiger partial charge in [-0.3, -0.25) is 9.48 Å². The molecule has 0 aliphatic carbocycles. The maximum atomic E-state index is 11.8. The van der Waals surface area contributed by atoms with Gasteiger partial charge >= 0.3 is 0 Å². The molecule has 0 spiro atoms. The molecule has 0 aliphatic heterocycles. The third-order valence-electron chi connectivity index (χ3n) is 3.67. The first-order valence-electron chi connectivity index (χ1n) is 7.23. The van der Waals surface area contributed by atoms with Gasteiger partial charge in [0.1, 0.15) is 0 Å². The van der Waals surface area contributed by atoms with Crippen molar-refractivity contribution in [3.8, 4) is 0 Å². The molecule has 2 heterocycles. The van der Waals surface area contributed by atoms with Crippen LogP contribution in [0.1, 0.15) is 21.6 Å². The highest BCUT2D eigenvalue weighted by Crippen LogP contribution is 2.31. The van der Waals surface area contributed by atoms with Crippen LogP contribution in [0, 0.1) is 6.92 Å². The number of fused-ring (bicyclic) bond motifs is 1. The third kappa shape index (κ3) is 2.65. The van der Waals surface area contributed by atoms with E-state index < -0.39 is 5.91 Å². The van der Waals surface area contributed by atoms with Gasteiger partial charge in [-0.05, 0) is 24.6 Å². The summed E-state index contributed by atoms with van der Waals surface area (Å²) in [4.78, 5) is 16.1. The number of aryl methyl sites for hydroxylation is 2. The van der Waals surface area contributed by atoms with Crippen LogP contribution in [0.25, 0.3) is 11.0 Å². The second-order valence-corrected chi connectivity index (χ2v) is 5.35. The highest BCUT2D eigenvalue weighted by molar-refractivity contribution is 6.07. The molecule has 2 aromatic heterocycles. The van der Waals surface area contributed by atoms with E-state index in [9.17, 15) is 4.79 Å². The number of pyridine rings is 1. The van der Waals surface area contributed by atoms with E-state index in [2.05, 4.69) is 20.5 Å². The number of anilines is 2. The number of hydrogen-bond donors (Lipinski definition) is 3. The second kappa shape index (κ2) is 5.99. The molecule has 24 heavy (non-hydrogen) atoms. The zero-order chi connectivity index (χ0) is 17.3. The normalized spacial score (nSPS) is 11.2. The van der Waals surface area contributed by atoms with Gasteiger partial charge in [0.15, 0.2) is 5.65 Å². The van der Waals surface area contributed by atoms with Crippen LogP contribution in [0.5, 0.6) is 0 Å². The minimum absolute atomic E-state index is 0.302. The van der Waals surface area contributed by atoms with Crippen molar-refractivity contribution in [3.05, 3.63) is 47.3 Å². The standard InChI is InChI=1S/C16H17N7O/c1-9-13-14(21-11-5-3-4-10(6-11)7-20-18)12(15(17)24)8-19-16(13)23(2)22-9/h3-8H,18H2,1-2H3,(H2,17,24)(H,19,21). The fraction of sp³-hybridized carbons (Fsp3) is 0.125. The molecule has 0 saturated carbocycles. The summed E-state index contributed by atoms with van der Waals surface area (Å²) in [5.41, 5.74) is 9.42. The second-order valence-electron chi connectivity index (χ2n) is 5.35. The lowest BCUT2D eigenvalue weighted by Crippen LogP contribution is -2.14. The van der Waals surface area contributed by atoms with Gasteiger partial charge in [-0.2, -0.15) is 10.2 Å². The molecule has 3 aromatic rings. The molecule has 5 N–H and O–H groups in total. The number of benzene rings is 1. The molecular weight excluding hydrogens is 306 g/mol. The summed E-state index contributed by atoms with van der Waals surface area (Å²) in [7, 11) is 1.80.